The maximum absolute atomic E-state index is 6.25. The van der Waals surface area contributed by atoms with Gasteiger partial charge in [-0.15, -0.1) is 0 Å². The standard InChI is InChI=1S/C56H34N8S/c1-2-14-35(15-3-1)52-53(61-42-19-7-4-16-36(42)39-32-57-29-26-45(39)61)55(63-44-21-9-6-18-38(44)41-34-59-31-28-47(41)63)60-56(64-48-22-10-12-24-50(48)65-51-25-13-11-23-49(51)64)54(52)62-43-20-8-5-17-37(43)40-33-58-30-27-46(40)62/h1-34H. The van der Waals surface area contributed by atoms with Gasteiger partial charge in [-0.3, -0.25) is 24.4 Å². The molecule has 0 atom stereocenters. The molecule has 0 saturated heterocycles. The largest absolute Gasteiger partial charge is 0.305 e. The molecule has 0 aliphatic carbocycles. The molecule has 0 saturated carbocycles. The molecule has 0 radical (unpaired) electrons. The first kappa shape index (κ1) is 36.0. The fraction of sp³-hybridized carbons (Fsp3) is 0. The molecule has 1 aliphatic rings. The predicted octanol–water partition coefficient (Wildman–Crippen LogP) is 14.2. The Hall–Kier alpha value is -8.53. The van der Waals surface area contributed by atoms with E-state index in [1.165, 1.54) is 0 Å². The molecule has 0 spiro atoms. The number of hydrogen-bond donors (Lipinski definition) is 0. The third kappa shape index (κ3) is 5.15. The second kappa shape index (κ2) is 14.0. The van der Waals surface area contributed by atoms with E-state index in [4.69, 9.17) is 9.97 Å². The summed E-state index contributed by atoms with van der Waals surface area (Å²) in [6.45, 7) is 0. The molecular weight excluding hydrogens is 817 g/mol. The summed E-state index contributed by atoms with van der Waals surface area (Å²) in [5, 5.41) is 6.49. The molecule has 14 rings (SSSR count). The minimum absolute atomic E-state index is 0.773. The lowest BCUT2D eigenvalue weighted by atomic mass is 10.00. The number of rotatable bonds is 5. The van der Waals surface area contributed by atoms with E-state index in [1.807, 2.05) is 37.2 Å². The van der Waals surface area contributed by atoms with Crippen LogP contribution in [0.1, 0.15) is 0 Å². The normalized spacial score (nSPS) is 12.5. The van der Waals surface area contributed by atoms with Gasteiger partial charge in [0.1, 0.15) is 11.4 Å². The minimum Gasteiger partial charge on any atom is -0.305 e. The molecule has 8 heterocycles. The lowest BCUT2D eigenvalue weighted by Crippen LogP contribution is -2.21. The molecule has 7 aromatic heterocycles. The van der Waals surface area contributed by atoms with Crippen molar-refractivity contribution in [2.75, 3.05) is 4.90 Å². The van der Waals surface area contributed by atoms with Crippen LogP contribution < -0.4 is 4.90 Å². The van der Waals surface area contributed by atoms with Gasteiger partial charge in [0.25, 0.3) is 0 Å². The van der Waals surface area contributed by atoms with Gasteiger partial charge in [-0.2, -0.15) is 0 Å². The number of benzene rings is 6. The number of nitrogens with zero attached hydrogens (tertiary/aromatic N) is 8. The average molecular weight is 851 g/mol. The van der Waals surface area contributed by atoms with Crippen LogP contribution in [0, 0.1) is 0 Å². The SMILES string of the molecule is c1ccc(-c2c(-n3c4ccccc4c4cnccc43)c(N3c4ccccc4Sc4ccccc43)nc(-n3c4ccccc4c4cnccc43)c2-n2c3ccccc3c3cnccc32)cc1. The van der Waals surface area contributed by atoms with Crippen molar-refractivity contribution in [2.45, 2.75) is 9.79 Å². The van der Waals surface area contributed by atoms with Gasteiger partial charge >= 0.3 is 0 Å². The first-order valence-electron chi connectivity index (χ1n) is 21.6. The second-order valence-electron chi connectivity index (χ2n) is 16.3. The van der Waals surface area contributed by atoms with Crippen LogP contribution in [0.4, 0.5) is 17.2 Å². The molecule has 65 heavy (non-hydrogen) atoms. The summed E-state index contributed by atoms with van der Waals surface area (Å²) in [7, 11) is 0. The fourth-order valence-corrected chi connectivity index (χ4v) is 11.3. The Balaban J connectivity index is 1.30. The summed E-state index contributed by atoms with van der Waals surface area (Å²) >= 11 is 1.79. The van der Waals surface area contributed by atoms with Crippen molar-refractivity contribution in [3.8, 4) is 28.3 Å². The van der Waals surface area contributed by atoms with Crippen LogP contribution in [0.15, 0.2) is 217 Å². The van der Waals surface area contributed by atoms with Gasteiger partial charge in [0.15, 0.2) is 11.6 Å². The maximum Gasteiger partial charge on any atom is 0.165 e. The van der Waals surface area contributed by atoms with Crippen LogP contribution in [0.3, 0.4) is 0 Å². The van der Waals surface area contributed by atoms with Crippen molar-refractivity contribution in [1.82, 2.24) is 33.6 Å². The van der Waals surface area contributed by atoms with Crippen molar-refractivity contribution in [2.24, 2.45) is 0 Å². The van der Waals surface area contributed by atoms with Gasteiger partial charge < -0.3 is 9.13 Å². The number of anilines is 3. The monoisotopic (exact) mass is 850 g/mol. The molecule has 0 amide bonds. The van der Waals surface area contributed by atoms with Crippen molar-refractivity contribution in [1.29, 1.82) is 0 Å². The Kier molecular flexibility index (Phi) is 7.75. The van der Waals surface area contributed by atoms with Crippen LogP contribution in [0.2, 0.25) is 0 Å². The third-order valence-corrected chi connectivity index (χ3v) is 14.0. The molecule has 6 aromatic carbocycles. The highest BCUT2D eigenvalue weighted by molar-refractivity contribution is 7.99. The average Bonchev–Trinajstić information content (AvgIpc) is 4.01. The molecule has 9 heteroatoms. The van der Waals surface area contributed by atoms with Crippen LogP contribution >= 0.6 is 11.8 Å². The molecule has 0 unspecified atom stereocenters. The molecule has 0 N–H and O–H groups in total. The minimum atomic E-state index is 0.773. The van der Waals surface area contributed by atoms with E-state index < -0.39 is 0 Å². The first-order valence-corrected chi connectivity index (χ1v) is 22.4. The Morgan fingerprint density at radius 3 is 1.26 bits per heavy atom. The summed E-state index contributed by atoms with van der Waals surface area (Å²) in [6, 6.07) is 60.6. The van der Waals surface area contributed by atoms with Gasteiger partial charge in [-0.05, 0) is 66.2 Å². The van der Waals surface area contributed by atoms with Crippen LogP contribution in [-0.2, 0) is 0 Å². The van der Waals surface area contributed by atoms with E-state index in [9.17, 15) is 0 Å². The lowest BCUT2D eigenvalue weighted by molar-refractivity contribution is 0.987. The number of aromatic nitrogens is 7. The third-order valence-electron chi connectivity index (χ3n) is 12.9. The summed E-state index contributed by atoms with van der Waals surface area (Å²) in [4.78, 5) is 25.0. The number of fused-ring (bicyclic) bond motifs is 11. The van der Waals surface area contributed by atoms with E-state index in [1.54, 1.807) is 11.8 Å². The molecule has 13 aromatic rings. The van der Waals surface area contributed by atoms with Crippen molar-refractivity contribution >= 4 is 94.4 Å². The molecule has 304 valence electrons. The van der Waals surface area contributed by atoms with E-state index in [-0.39, 0.29) is 0 Å². The zero-order valence-electron chi connectivity index (χ0n) is 34.6. The number of hydrogen-bond acceptors (Lipinski definition) is 6. The fourth-order valence-electron chi connectivity index (χ4n) is 10.2. The highest BCUT2D eigenvalue weighted by Gasteiger charge is 2.35. The second-order valence-corrected chi connectivity index (χ2v) is 17.4. The van der Waals surface area contributed by atoms with E-state index in [0.29, 0.717) is 0 Å². The zero-order chi connectivity index (χ0) is 42.6. The van der Waals surface area contributed by atoms with Crippen molar-refractivity contribution in [3.05, 3.63) is 207 Å². The van der Waals surface area contributed by atoms with Gasteiger partial charge in [-0.25, -0.2) is 4.98 Å². The maximum atomic E-state index is 6.25. The number of pyridine rings is 4. The molecule has 1 aliphatic heterocycles. The van der Waals surface area contributed by atoms with Gasteiger partial charge in [-0.1, -0.05) is 121 Å². The van der Waals surface area contributed by atoms with Gasteiger partial charge in [0, 0.05) is 84.9 Å². The van der Waals surface area contributed by atoms with Crippen molar-refractivity contribution in [3.63, 3.8) is 0 Å². The van der Waals surface area contributed by atoms with Gasteiger partial charge in [0.05, 0.1) is 44.5 Å². The van der Waals surface area contributed by atoms with Crippen LogP contribution in [0.5, 0.6) is 0 Å². The zero-order valence-corrected chi connectivity index (χ0v) is 35.4. The molecule has 0 fully saturated rings. The highest BCUT2D eigenvalue weighted by atomic mass is 32.2. The summed E-state index contributed by atoms with van der Waals surface area (Å²) in [5.74, 6) is 1.56. The molecule has 8 nitrogen and oxygen atoms in total. The summed E-state index contributed by atoms with van der Waals surface area (Å²) in [5.41, 5.74) is 12.2. The quantitative estimate of drug-likeness (QED) is 0.172. The van der Waals surface area contributed by atoms with E-state index in [2.05, 4.69) is 198 Å². The summed E-state index contributed by atoms with van der Waals surface area (Å²) < 4.78 is 7.22. The van der Waals surface area contributed by atoms with Gasteiger partial charge in [0.2, 0.25) is 0 Å². The smallest absolute Gasteiger partial charge is 0.165 e. The topological polar surface area (TPSA) is 69.6 Å². The van der Waals surface area contributed by atoms with Crippen molar-refractivity contribution < 1.29 is 0 Å². The lowest BCUT2D eigenvalue weighted by Gasteiger charge is -2.35. The molecular formula is C56H34N8S. The van der Waals surface area contributed by atoms with Crippen LogP contribution in [-0.4, -0.2) is 33.6 Å². The summed E-state index contributed by atoms with van der Waals surface area (Å²) in [6.07, 6.45) is 11.6. The van der Waals surface area contributed by atoms with Crippen LogP contribution in [0.25, 0.3) is 93.7 Å². The molecule has 0 bridgehead atoms. The van der Waals surface area contributed by atoms with E-state index >= 15 is 0 Å². The number of para-hydroxylation sites is 5. The Labute approximate surface area is 376 Å². The van der Waals surface area contributed by atoms with E-state index in [0.717, 1.165) is 121 Å². The highest BCUT2D eigenvalue weighted by Crippen LogP contribution is 2.55. The Morgan fingerprint density at radius 1 is 0.338 bits per heavy atom. The Bertz CT molecular complexity index is 3870. The Morgan fingerprint density at radius 2 is 0.738 bits per heavy atom. The predicted molar refractivity (Wildman–Crippen MR) is 265 cm³/mol. The first-order chi connectivity index (χ1) is 32.3.